The first kappa shape index (κ1) is 11.4. The zero-order valence-electron chi connectivity index (χ0n) is 8.06. The summed E-state index contributed by atoms with van der Waals surface area (Å²) in [5.41, 5.74) is -0.0788. The van der Waals surface area contributed by atoms with Crippen LogP contribution in [0.4, 0.5) is 0 Å². The highest BCUT2D eigenvalue weighted by molar-refractivity contribution is 6.29. The second kappa shape index (κ2) is 4.41. The summed E-state index contributed by atoms with van der Waals surface area (Å²) in [4.78, 5) is 7.93. The van der Waals surface area contributed by atoms with E-state index in [1.807, 2.05) is 20.8 Å². The summed E-state index contributed by atoms with van der Waals surface area (Å²) >= 11 is 5.62. The van der Waals surface area contributed by atoms with Gasteiger partial charge in [-0.3, -0.25) is 0 Å². The molecule has 0 saturated heterocycles. The van der Waals surface area contributed by atoms with Gasteiger partial charge in [0.15, 0.2) is 0 Å². The number of allylic oxidation sites excluding steroid dienone is 1. The lowest BCUT2D eigenvalue weighted by atomic mass is 9.95. The largest absolute Gasteiger partial charge is 0.249 e. The molecule has 0 amide bonds. The van der Waals surface area contributed by atoms with Crippen molar-refractivity contribution in [2.45, 2.75) is 27.7 Å². The van der Waals surface area contributed by atoms with E-state index in [0.717, 1.165) is 0 Å². The molecular formula is C9H15ClN2. The minimum atomic E-state index is -0.0788. The van der Waals surface area contributed by atoms with Gasteiger partial charge in [0.25, 0.3) is 0 Å². The molecule has 0 heterocycles. The maximum absolute atomic E-state index is 5.62. The summed E-state index contributed by atoms with van der Waals surface area (Å²) in [5.74, 6) is 0.697. The molecule has 0 radical (unpaired) electrons. The van der Waals surface area contributed by atoms with E-state index in [-0.39, 0.29) is 5.41 Å². The Morgan fingerprint density at radius 2 is 1.92 bits per heavy atom. The van der Waals surface area contributed by atoms with Crippen molar-refractivity contribution in [1.29, 1.82) is 0 Å². The van der Waals surface area contributed by atoms with E-state index >= 15 is 0 Å². The van der Waals surface area contributed by atoms with Crippen LogP contribution in [0.2, 0.25) is 0 Å². The number of hydrogen-bond acceptors (Lipinski definition) is 1. The molecule has 0 aromatic rings. The van der Waals surface area contributed by atoms with Gasteiger partial charge in [-0.1, -0.05) is 32.4 Å². The summed E-state index contributed by atoms with van der Waals surface area (Å²) in [6.45, 7) is 11.3. The van der Waals surface area contributed by atoms with Gasteiger partial charge in [-0.15, -0.1) is 0 Å². The maximum atomic E-state index is 5.62. The number of halogens is 1. The summed E-state index contributed by atoms with van der Waals surface area (Å²) in [5, 5.41) is 0.639. The molecule has 0 saturated carbocycles. The Balaban J connectivity index is 4.68. The Morgan fingerprint density at radius 1 is 1.42 bits per heavy atom. The Kier molecular flexibility index (Phi) is 4.18. The SMILES string of the molecule is C=NC(=N/C=C(\C)Cl)C(C)(C)C. The molecule has 0 atom stereocenters. The molecule has 0 aromatic heterocycles. The standard InChI is InChI=1S/C9H15ClN2/c1-7(10)6-12-8(11-5)9(2,3)4/h6H,5H2,1-4H3/b7-6+,12-8?. The van der Waals surface area contributed by atoms with Crippen molar-refractivity contribution in [3.8, 4) is 0 Å². The highest BCUT2D eigenvalue weighted by atomic mass is 35.5. The van der Waals surface area contributed by atoms with Gasteiger partial charge in [0.05, 0.1) is 0 Å². The Labute approximate surface area is 79.1 Å². The van der Waals surface area contributed by atoms with Crippen LogP contribution in [0.1, 0.15) is 27.7 Å². The third-order valence-electron chi connectivity index (χ3n) is 1.19. The molecule has 2 nitrogen and oxygen atoms in total. The highest BCUT2D eigenvalue weighted by Crippen LogP contribution is 2.17. The molecule has 0 aliphatic carbocycles. The minimum absolute atomic E-state index is 0.0788. The van der Waals surface area contributed by atoms with E-state index in [1.165, 1.54) is 0 Å². The molecule has 0 aliphatic heterocycles. The summed E-state index contributed by atoms with van der Waals surface area (Å²) < 4.78 is 0. The lowest BCUT2D eigenvalue weighted by molar-refractivity contribution is 0.585. The fourth-order valence-electron chi connectivity index (χ4n) is 0.622. The highest BCUT2D eigenvalue weighted by Gasteiger charge is 2.16. The molecule has 68 valence electrons. The second-order valence-corrected chi connectivity index (χ2v) is 4.17. The second-order valence-electron chi connectivity index (χ2n) is 3.58. The van der Waals surface area contributed by atoms with Crippen LogP contribution in [-0.2, 0) is 0 Å². The van der Waals surface area contributed by atoms with Gasteiger partial charge >= 0.3 is 0 Å². The van der Waals surface area contributed by atoms with Crippen molar-refractivity contribution < 1.29 is 0 Å². The summed E-state index contributed by atoms with van der Waals surface area (Å²) in [6, 6.07) is 0. The third kappa shape index (κ3) is 4.29. The average molecular weight is 187 g/mol. The first-order chi connectivity index (χ1) is 5.38. The molecule has 0 spiro atoms. The predicted molar refractivity (Wildman–Crippen MR) is 56.0 cm³/mol. The van der Waals surface area contributed by atoms with Crippen LogP contribution in [-0.4, -0.2) is 12.6 Å². The van der Waals surface area contributed by atoms with Crippen LogP contribution in [0.15, 0.2) is 21.2 Å². The lowest BCUT2D eigenvalue weighted by Gasteiger charge is -2.16. The normalized spacial score (nSPS) is 14.8. The van der Waals surface area contributed by atoms with Gasteiger partial charge in [-0.2, -0.15) is 0 Å². The van der Waals surface area contributed by atoms with Crippen molar-refractivity contribution in [1.82, 2.24) is 0 Å². The van der Waals surface area contributed by atoms with Gasteiger partial charge in [0.1, 0.15) is 5.84 Å². The topological polar surface area (TPSA) is 24.7 Å². The monoisotopic (exact) mass is 186 g/mol. The maximum Gasteiger partial charge on any atom is 0.132 e. The van der Waals surface area contributed by atoms with Crippen LogP contribution in [0, 0.1) is 5.41 Å². The molecule has 0 aromatic carbocycles. The summed E-state index contributed by atoms with van der Waals surface area (Å²) in [6.07, 6.45) is 1.58. The van der Waals surface area contributed by atoms with Gasteiger partial charge < -0.3 is 0 Å². The zero-order valence-corrected chi connectivity index (χ0v) is 8.81. The van der Waals surface area contributed by atoms with E-state index in [1.54, 1.807) is 13.1 Å². The van der Waals surface area contributed by atoms with Crippen molar-refractivity contribution in [2.75, 3.05) is 0 Å². The van der Waals surface area contributed by atoms with Crippen LogP contribution < -0.4 is 0 Å². The Morgan fingerprint density at radius 3 is 2.17 bits per heavy atom. The zero-order chi connectivity index (χ0) is 9.78. The van der Waals surface area contributed by atoms with Gasteiger partial charge in [-0.25, -0.2) is 9.98 Å². The summed E-state index contributed by atoms with van der Waals surface area (Å²) in [7, 11) is 0. The first-order valence-corrected chi connectivity index (χ1v) is 4.13. The van der Waals surface area contributed by atoms with Crippen LogP contribution in [0.5, 0.6) is 0 Å². The van der Waals surface area contributed by atoms with Crippen LogP contribution >= 0.6 is 11.6 Å². The van der Waals surface area contributed by atoms with Crippen molar-refractivity contribution in [2.24, 2.45) is 15.4 Å². The smallest absolute Gasteiger partial charge is 0.132 e. The molecule has 0 aliphatic rings. The van der Waals surface area contributed by atoms with Gasteiger partial charge in [0.2, 0.25) is 0 Å². The predicted octanol–water partition coefficient (Wildman–Crippen LogP) is 3.23. The van der Waals surface area contributed by atoms with Gasteiger partial charge in [-0.05, 0) is 13.6 Å². The molecule has 12 heavy (non-hydrogen) atoms. The average Bonchev–Trinajstić information content (AvgIpc) is 1.85. The van der Waals surface area contributed by atoms with E-state index in [2.05, 4.69) is 16.7 Å². The van der Waals surface area contributed by atoms with Crippen LogP contribution in [0.25, 0.3) is 0 Å². The molecule has 0 unspecified atom stereocenters. The lowest BCUT2D eigenvalue weighted by Crippen LogP contribution is -2.17. The Bertz CT molecular complexity index is 217. The number of nitrogens with zero attached hydrogens (tertiary/aromatic N) is 2. The number of rotatable bonds is 1. The van der Waals surface area contributed by atoms with Crippen LogP contribution in [0.3, 0.4) is 0 Å². The minimum Gasteiger partial charge on any atom is -0.249 e. The molecule has 3 heteroatoms. The number of hydrogen-bond donors (Lipinski definition) is 0. The van der Waals surface area contributed by atoms with Crippen molar-refractivity contribution in [3.05, 3.63) is 11.2 Å². The van der Waals surface area contributed by atoms with E-state index in [9.17, 15) is 0 Å². The van der Waals surface area contributed by atoms with E-state index in [4.69, 9.17) is 11.6 Å². The first-order valence-electron chi connectivity index (χ1n) is 3.75. The fourth-order valence-corrected chi connectivity index (χ4v) is 0.671. The third-order valence-corrected chi connectivity index (χ3v) is 1.28. The van der Waals surface area contributed by atoms with Crippen molar-refractivity contribution >= 4 is 24.2 Å². The molecule has 0 bridgehead atoms. The molecule has 0 fully saturated rings. The molecule has 0 rings (SSSR count). The quantitative estimate of drug-likeness (QED) is 0.444. The number of amidine groups is 1. The Hall–Kier alpha value is -0.630. The molecular weight excluding hydrogens is 172 g/mol. The van der Waals surface area contributed by atoms with Gasteiger partial charge in [0, 0.05) is 16.6 Å². The van der Waals surface area contributed by atoms with E-state index < -0.39 is 0 Å². The van der Waals surface area contributed by atoms with Crippen molar-refractivity contribution in [3.63, 3.8) is 0 Å². The fraction of sp³-hybridized carbons (Fsp3) is 0.556. The molecule has 0 N–H and O–H groups in total. The number of aliphatic imine (C=N–C) groups is 2. The van der Waals surface area contributed by atoms with E-state index in [0.29, 0.717) is 10.9 Å².